The van der Waals surface area contributed by atoms with Crippen molar-refractivity contribution < 1.29 is 4.68 Å². The highest BCUT2D eigenvalue weighted by Gasteiger charge is 2.07. The van der Waals surface area contributed by atoms with Crippen LogP contribution in [0.2, 0.25) is 0 Å². The number of aryl methyl sites for hydroxylation is 1. The van der Waals surface area contributed by atoms with E-state index in [1.807, 2.05) is 0 Å². The van der Waals surface area contributed by atoms with Gasteiger partial charge in [-0.3, -0.25) is 0 Å². The lowest BCUT2D eigenvalue weighted by atomic mass is 10.4. The standard InChI is InChI=1S/C7H9N6/c1-12-5-13(11-10-12)7-3-2-6(8)4-9-7/h2-5H,8H2,1H3/q+1. The smallest absolute Gasteiger partial charge is 0.252 e. The minimum Gasteiger partial charge on any atom is -0.397 e. The zero-order valence-corrected chi connectivity index (χ0v) is 7.12. The van der Waals surface area contributed by atoms with Crippen molar-refractivity contribution in [2.24, 2.45) is 7.05 Å². The lowest BCUT2D eigenvalue weighted by molar-refractivity contribution is -0.731. The van der Waals surface area contributed by atoms with E-state index in [2.05, 4.69) is 15.4 Å². The number of aromatic nitrogens is 5. The van der Waals surface area contributed by atoms with Crippen molar-refractivity contribution >= 4 is 5.69 Å². The van der Waals surface area contributed by atoms with Crippen LogP contribution in [0.25, 0.3) is 5.82 Å². The Labute approximate surface area is 74.6 Å². The summed E-state index contributed by atoms with van der Waals surface area (Å²) >= 11 is 0. The highest BCUT2D eigenvalue weighted by atomic mass is 15.6. The second-order valence-corrected chi connectivity index (χ2v) is 2.66. The van der Waals surface area contributed by atoms with Crippen LogP contribution in [0.5, 0.6) is 0 Å². The average Bonchev–Trinajstić information content (AvgIpc) is 2.53. The Morgan fingerprint density at radius 3 is 2.85 bits per heavy atom. The second-order valence-electron chi connectivity index (χ2n) is 2.66. The van der Waals surface area contributed by atoms with Crippen LogP contribution in [0.3, 0.4) is 0 Å². The molecule has 0 atom stereocenters. The Morgan fingerprint density at radius 1 is 1.46 bits per heavy atom. The van der Waals surface area contributed by atoms with Gasteiger partial charge in [-0.2, -0.15) is 0 Å². The van der Waals surface area contributed by atoms with Crippen molar-refractivity contribution in [2.45, 2.75) is 0 Å². The molecule has 2 aromatic heterocycles. The van der Waals surface area contributed by atoms with Crippen molar-refractivity contribution in [3.05, 3.63) is 24.7 Å². The van der Waals surface area contributed by atoms with Gasteiger partial charge in [0.15, 0.2) is 5.21 Å². The third-order valence-electron chi connectivity index (χ3n) is 1.56. The van der Waals surface area contributed by atoms with Gasteiger partial charge in [0.2, 0.25) is 5.82 Å². The molecule has 6 nitrogen and oxygen atoms in total. The summed E-state index contributed by atoms with van der Waals surface area (Å²) in [5.74, 6) is 0.697. The molecule has 0 fully saturated rings. The molecule has 6 heteroatoms. The number of pyridine rings is 1. The van der Waals surface area contributed by atoms with Gasteiger partial charge < -0.3 is 5.73 Å². The molecule has 0 aliphatic rings. The number of nitrogens with two attached hydrogens (primary N) is 1. The Hall–Kier alpha value is -1.98. The number of tetrazole rings is 1. The molecular weight excluding hydrogens is 168 g/mol. The van der Waals surface area contributed by atoms with Crippen LogP contribution in [0.15, 0.2) is 24.7 Å². The molecule has 0 saturated carbocycles. The van der Waals surface area contributed by atoms with Gasteiger partial charge in [-0.25, -0.2) is 4.98 Å². The third kappa shape index (κ3) is 1.46. The summed E-state index contributed by atoms with van der Waals surface area (Å²) < 4.78 is 3.16. The van der Waals surface area contributed by atoms with Gasteiger partial charge in [0.05, 0.1) is 18.9 Å². The molecule has 0 aromatic carbocycles. The molecule has 2 heterocycles. The van der Waals surface area contributed by atoms with E-state index in [0.717, 1.165) is 0 Å². The maximum Gasteiger partial charge on any atom is 0.252 e. The summed E-state index contributed by atoms with van der Waals surface area (Å²) in [7, 11) is 1.79. The summed E-state index contributed by atoms with van der Waals surface area (Å²) in [6.07, 6.45) is 3.30. The van der Waals surface area contributed by atoms with Crippen molar-refractivity contribution in [1.29, 1.82) is 0 Å². The van der Waals surface area contributed by atoms with E-state index in [-0.39, 0.29) is 0 Å². The predicted molar refractivity (Wildman–Crippen MR) is 44.7 cm³/mol. The summed E-state index contributed by atoms with van der Waals surface area (Å²) in [6.45, 7) is 0. The van der Waals surface area contributed by atoms with Crippen LogP contribution in [0, 0.1) is 0 Å². The minimum absolute atomic E-state index is 0.633. The molecule has 0 unspecified atom stereocenters. The van der Waals surface area contributed by atoms with Gasteiger partial charge in [-0.05, 0) is 10.7 Å². The fraction of sp³-hybridized carbons (Fsp3) is 0.143. The zero-order chi connectivity index (χ0) is 9.26. The molecule has 0 aliphatic carbocycles. The first-order chi connectivity index (χ1) is 6.25. The Kier molecular flexibility index (Phi) is 1.66. The third-order valence-corrected chi connectivity index (χ3v) is 1.56. The number of hydrogen-bond acceptors (Lipinski definition) is 4. The summed E-state index contributed by atoms with van der Waals surface area (Å²) in [4.78, 5) is 4.08. The molecule has 2 aromatic rings. The highest BCUT2D eigenvalue weighted by Crippen LogP contribution is 2.03. The molecular formula is C7H9N6+. The molecule has 2 rings (SSSR count). The van der Waals surface area contributed by atoms with Crippen LogP contribution in [0.1, 0.15) is 0 Å². The number of nitrogens with zero attached hydrogens (tertiary/aromatic N) is 5. The molecule has 0 bridgehead atoms. The van der Waals surface area contributed by atoms with Gasteiger partial charge >= 0.3 is 0 Å². The molecule has 0 spiro atoms. The first-order valence-electron chi connectivity index (χ1n) is 3.76. The Bertz CT molecular complexity index is 403. The van der Waals surface area contributed by atoms with E-state index >= 15 is 0 Å². The molecule has 13 heavy (non-hydrogen) atoms. The van der Waals surface area contributed by atoms with Gasteiger partial charge in [0.25, 0.3) is 6.33 Å². The van der Waals surface area contributed by atoms with Crippen LogP contribution in [0.4, 0.5) is 5.69 Å². The average molecular weight is 177 g/mol. The molecule has 0 saturated heterocycles. The maximum absolute atomic E-state index is 5.50. The second kappa shape index (κ2) is 2.81. The van der Waals surface area contributed by atoms with Crippen LogP contribution < -0.4 is 10.4 Å². The number of hydrogen-bond donors (Lipinski definition) is 1. The number of rotatable bonds is 1. The SMILES string of the molecule is C[n+]1cn(-c2ccc(N)cn2)nn1. The van der Waals surface area contributed by atoms with Crippen molar-refractivity contribution in [1.82, 2.24) is 20.1 Å². The van der Waals surface area contributed by atoms with E-state index < -0.39 is 0 Å². The normalized spacial score (nSPS) is 10.2. The van der Waals surface area contributed by atoms with Gasteiger partial charge in [-0.1, -0.05) is 0 Å². The van der Waals surface area contributed by atoms with Gasteiger partial charge in [0.1, 0.15) is 5.21 Å². The first-order valence-corrected chi connectivity index (χ1v) is 3.76. The fourth-order valence-corrected chi connectivity index (χ4v) is 0.949. The quantitative estimate of drug-likeness (QED) is 0.571. The van der Waals surface area contributed by atoms with Gasteiger partial charge in [-0.15, -0.1) is 4.68 Å². The van der Waals surface area contributed by atoms with Crippen molar-refractivity contribution in [3.8, 4) is 5.82 Å². The molecule has 66 valence electrons. The largest absolute Gasteiger partial charge is 0.397 e. The first kappa shape index (κ1) is 7.66. The topological polar surface area (TPSA) is 73.5 Å². The van der Waals surface area contributed by atoms with E-state index in [0.29, 0.717) is 11.5 Å². The molecule has 0 amide bonds. The number of nitrogen functional groups attached to an aromatic ring is 1. The fourth-order valence-electron chi connectivity index (χ4n) is 0.949. The zero-order valence-electron chi connectivity index (χ0n) is 7.12. The minimum atomic E-state index is 0.633. The lowest BCUT2D eigenvalue weighted by Crippen LogP contribution is -2.28. The van der Waals surface area contributed by atoms with E-state index in [4.69, 9.17) is 5.73 Å². The van der Waals surface area contributed by atoms with E-state index in [1.165, 1.54) is 0 Å². The predicted octanol–water partition coefficient (Wildman–Crippen LogP) is -0.931. The summed E-state index contributed by atoms with van der Waals surface area (Å²) in [6, 6.07) is 3.55. The molecule has 0 radical (unpaired) electrons. The van der Waals surface area contributed by atoms with Crippen molar-refractivity contribution in [3.63, 3.8) is 0 Å². The molecule has 2 N–H and O–H groups in total. The van der Waals surface area contributed by atoms with E-state index in [1.54, 1.807) is 41.1 Å². The van der Waals surface area contributed by atoms with Crippen LogP contribution >= 0.6 is 0 Å². The molecule has 0 aliphatic heterocycles. The van der Waals surface area contributed by atoms with Gasteiger partial charge in [0, 0.05) is 6.07 Å². The monoisotopic (exact) mass is 177 g/mol. The van der Waals surface area contributed by atoms with E-state index in [9.17, 15) is 0 Å². The lowest BCUT2D eigenvalue weighted by Gasteiger charge is -1.91. The summed E-state index contributed by atoms with van der Waals surface area (Å²) in [5, 5.41) is 7.62. The Morgan fingerprint density at radius 2 is 2.31 bits per heavy atom. The van der Waals surface area contributed by atoms with Crippen molar-refractivity contribution in [2.75, 3.05) is 5.73 Å². The van der Waals surface area contributed by atoms with Crippen LogP contribution in [-0.4, -0.2) is 20.1 Å². The maximum atomic E-state index is 5.50. The van der Waals surface area contributed by atoms with Crippen LogP contribution in [-0.2, 0) is 7.05 Å². The number of anilines is 1. The summed E-state index contributed by atoms with van der Waals surface area (Å²) in [5.41, 5.74) is 6.13. The Balaban J connectivity index is 2.41. The highest BCUT2D eigenvalue weighted by molar-refractivity contribution is 5.37.